The van der Waals surface area contributed by atoms with Crippen LogP contribution in [-0.2, 0) is 33.3 Å². The lowest BCUT2D eigenvalue weighted by Crippen LogP contribution is -2.54. The van der Waals surface area contributed by atoms with Crippen molar-refractivity contribution >= 4 is 35.2 Å². The first-order valence-corrected chi connectivity index (χ1v) is 12.1. The number of rotatable bonds is 16. The number of imide groups is 2. The van der Waals surface area contributed by atoms with E-state index in [-0.39, 0.29) is 42.7 Å². The molecular formula is C24H32N4O9. The van der Waals surface area contributed by atoms with Crippen LogP contribution >= 0.6 is 0 Å². The van der Waals surface area contributed by atoms with Crippen LogP contribution < -0.4 is 16.4 Å². The number of nitrogens with two attached hydrogens (primary N) is 1. The van der Waals surface area contributed by atoms with Gasteiger partial charge in [0.25, 0.3) is 11.8 Å². The highest BCUT2D eigenvalue weighted by molar-refractivity contribution is 6.26. The van der Waals surface area contributed by atoms with Gasteiger partial charge < -0.3 is 30.0 Å². The van der Waals surface area contributed by atoms with E-state index in [0.29, 0.717) is 52.8 Å². The normalized spacial score (nSPS) is 17.2. The highest BCUT2D eigenvalue weighted by atomic mass is 16.6. The third-order valence-electron chi connectivity index (χ3n) is 5.59. The van der Waals surface area contributed by atoms with E-state index in [4.69, 9.17) is 24.7 Å². The number of hydrogen-bond acceptors (Lipinski definition) is 10. The molecule has 0 aromatic heterocycles. The van der Waals surface area contributed by atoms with Crippen LogP contribution in [0.3, 0.4) is 0 Å². The van der Waals surface area contributed by atoms with Crippen LogP contribution in [0.1, 0.15) is 40.0 Å². The van der Waals surface area contributed by atoms with Crippen LogP contribution in [-0.4, -0.2) is 99.9 Å². The van der Waals surface area contributed by atoms with Crippen LogP contribution in [0.4, 0.5) is 5.69 Å². The lowest BCUT2D eigenvalue weighted by atomic mass is 10.0. The molecule has 0 aliphatic carbocycles. The Morgan fingerprint density at radius 3 is 2.16 bits per heavy atom. The number of nitrogens with zero attached hydrogens (tertiary/aromatic N) is 1. The Hall–Kier alpha value is -3.23. The largest absolute Gasteiger partial charge is 0.379 e. The zero-order valence-corrected chi connectivity index (χ0v) is 20.5. The molecule has 2 aliphatic heterocycles. The third-order valence-corrected chi connectivity index (χ3v) is 5.59. The van der Waals surface area contributed by atoms with Gasteiger partial charge in [-0.1, -0.05) is 6.07 Å². The molecule has 2 heterocycles. The first kappa shape index (κ1) is 28.3. The monoisotopic (exact) mass is 520 g/mol. The van der Waals surface area contributed by atoms with Gasteiger partial charge >= 0.3 is 0 Å². The van der Waals surface area contributed by atoms with E-state index in [1.165, 1.54) is 12.1 Å². The Balaban J connectivity index is 1.37. The molecule has 2 aliphatic rings. The summed E-state index contributed by atoms with van der Waals surface area (Å²) in [7, 11) is 0. The summed E-state index contributed by atoms with van der Waals surface area (Å²) < 4.78 is 21.3. The average molecular weight is 521 g/mol. The van der Waals surface area contributed by atoms with Crippen LogP contribution in [0.5, 0.6) is 0 Å². The molecule has 1 saturated heterocycles. The number of fused-ring (bicyclic) bond motifs is 1. The van der Waals surface area contributed by atoms with Gasteiger partial charge in [-0.2, -0.15) is 0 Å². The summed E-state index contributed by atoms with van der Waals surface area (Å²) in [5, 5.41) is 4.79. The zero-order chi connectivity index (χ0) is 26.6. The number of piperidine rings is 1. The van der Waals surface area contributed by atoms with Gasteiger partial charge in [0, 0.05) is 13.0 Å². The predicted octanol–water partition coefficient (Wildman–Crippen LogP) is -0.558. The van der Waals surface area contributed by atoms with Gasteiger partial charge in [-0.15, -0.1) is 0 Å². The molecule has 3 rings (SSSR count). The minimum atomic E-state index is -1.08. The molecule has 1 unspecified atom stereocenters. The minimum absolute atomic E-state index is 0.0213. The topological polar surface area (TPSA) is 176 Å². The average Bonchev–Trinajstić information content (AvgIpc) is 3.12. The first-order chi connectivity index (χ1) is 17.9. The second kappa shape index (κ2) is 14.5. The Morgan fingerprint density at radius 1 is 0.919 bits per heavy atom. The lowest BCUT2D eigenvalue weighted by Gasteiger charge is -2.27. The molecule has 0 saturated carbocycles. The van der Waals surface area contributed by atoms with E-state index in [9.17, 15) is 24.0 Å². The van der Waals surface area contributed by atoms with E-state index >= 15 is 0 Å². The number of ether oxygens (including phenoxy) is 4. The zero-order valence-electron chi connectivity index (χ0n) is 20.5. The molecule has 1 fully saturated rings. The predicted molar refractivity (Wildman–Crippen MR) is 129 cm³/mol. The van der Waals surface area contributed by atoms with Crippen LogP contribution in [0, 0.1) is 0 Å². The van der Waals surface area contributed by atoms with Crippen molar-refractivity contribution in [3.05, 3.63) is 29.3 Å². The van der Waals surface area contributed by atoms with Crippen LogP contribution in [0.15, 0.2) is 18.2 Å². The molecule has 202 valence electrons. The smallest absolute Gasteiger partial charge is 0.264 e. The van der Waals surface area contributed by atoms with E-state index in [1.54, 1.807) is 6.07 Å². The highest BCUT2D eigenvalue weighted by Gasteiger charge is 2.45. The maximum Gasteiger partial charge on any atom is 0.264 e. The summed E-state index contributed by atoms with van der Waals surface area (Å²) in [5.74, 6) is -2.88. The van der Waals surface area contributed by atoms with E-state index in [0.717, 1.165) is 4.90 Å². The molecule has 0 radical (unpaired) electrons. The molecule has 37 heavy (non-hydrogen) atoms. The maximum absolute atomic E-state index is 13.1. The van der Waals surface area contributed by atoms with Gasteiger partial charge in [0.1, 0.15) is 6.04 Å². The summed E-state index contributed by atoms with van der Waals surface area (Å²) in [5.41, 5.74) is 5.60. The molecule has 13 nitrogen and oxygen atoms in total. The van der Waals surface area contributed by atoms with Crippen molar-refractivity contribution in [2.75, 3.05) is 64.7 Å². The number of carbonyl (C=O) groups is 5. The summed E-state index contributed by atoms with van der Waals surface area (Å²) in [6.45, 7) is 3.53. The molecule has 13 heteroatoms. The van der Waals surface area contributed by atoms with Crippen molar-refractivity contribution < 1.29 is 42.9 Å². The molecule has 0 bridgehead atoms. The number of carbonyl (C=O) groups excluding carboxylic acids is 5. The Morgan fingerprint density at radius 2 is 1.54 bits per heavy atom. The molecule has 5 amide bonds. The fourth-order valence-electron chi connectivity index (χ4n) is 3.84. The minimum Gasteiger partial charge on any atom is -0.379 e. The molecular weight excluding hydrogens is 488 g/mol. The van der Waals surface area contributed by atoms with Crippen molar-refractivity contribution in [3.63, 3.8) is 0 Å². The summed E-state index contributed by atoms with van der Waals surface area (Å²) >= 11 is 0. The van der Waals surface area contributed by atoms with Crippen LogP contribution in [0.25, 0.3) is 0 Å². The summed E-state index contributed by atoms with van der Waals surface area (Å²) in [4.78, 5) is 62.8. The van der Waals surface area contributed by atoms with Crippen molar-refractivity contribution in [1.82, 2.24) is 10.2 Å². The second-order valence-corrected chi connectivity index (χ2v) is 8.21. The number of benzene rings is 1. The number of amides is 5. The maximum atomic E-state index is 13.1. The molecule has 1 aromatic rings. The van der Waals surface area contributed by atoms with Gasteiger partial charge in [0.2, 0.25) is 17.7 Å². The molecule has 1 atom stereocenters. The van der Waals surface area contributed by atoms with Gasteiger partial charge in [-0.3, -0.25) is 34.2 Å². The molecule has 1 aromatic carbocycles. The van der Waals surface area contributed by atoms with Crippen molar-refractivity contribution in [2.24, 2.45) is 5.73 Å². The SMILES string of the molecule is NCCOCCOCCOCCOCCC(=O)Nc1cccc2c1C(=O)N(C1CCC(=O)NC1=O)C2=O. The molecule has 4 N–H and O–H groups in total. The van der Waals surface area contributed by atoms with E-state index < -0.39 is 35.6 Å². The number of hydrogen-bond donors (Lipinski definition) is 3. The number of anilines is 1. The Kier molecular flexibility index (Phi) is 11.1. The Bertz CT molecular complexity index is 1000. The van der Waals surface area contributed by atoms with Gasteiger partial charge in [-0.25, -0.2) is 0 Å². The highest BCUT2D eigenvalue weighted by Crippen LogP contribution is 2.32. The van der Waals surface area contributed by atoms with E-state index in [1.807, 2.05) is 0 Å². The van der Waals surface area contributed by atoms with Crippen LogP contribution in [0.2, 0.25) is 0 Å². The quantitative estimate of drug-likeness (QED) is 0.189. The third kappa shape index (κ3) is 7.87. The second-order valence-electron chi connectivity index (χ2n) is 8.21. The van der Waals surface area contributed by atoms with Gasteiger partial charge in [0.15, 0.2) is 0 Å². The van der Waals surface area contributed by atoms with Crippen molar-refractivity contribution in [1.29, 1.82) is 0 Å². The fourth-order valence-corrected chi connectivity index (χ4v) is 3.84. The number of nitrogens with one attached hydrogen (secondary N) is 2. The van der Waals surface area contributed by atoms with Gasteiger partial charge in [0.05, 0.1) is 76.1 Å². The standard InChI is InChI=1S/C24H32N4O9/c25-7-9-35-11-13-37-15-14-36-12-10-34-8-6-20(30)26-17-3-1-2-16-21(17)24(33)28(23(16)32)18-4-5-19(29)27-22(18)31/h1-3,18H,4-15,25H2,(H,26,30)(H,27,29,31). The Labute approximate surface area is 213 Å². The first-order valence-electron chi connectivity index (χ1n) is 12.1. The van der Waals surface area contributed by atoms with Crippen molar-refractivity contribution in [3.8, 4) is 0 Å². The fraction of sp³-hybridized carbons (Fsp3) is 0.542. The molecule has 0 spiro atoms. The van der Waals surface area contributed by atoms with E-state index in [2.05, 4.69) is 10.6 Å². The lowest BCUT2D eigenvalue weighted by molar-refractivity contribution is -0.136. The van der Waals surface area contributed by atoms with Crippen molar-refractivity contribution in [2.45, 2.75) is 25.3 Å². The summed E-state index contributed by atoms with van der Waals surface area (Å²) in [6.07, 6.45) is 0.0992. The van der Waals surface area contributed by atoms with Gasteiger partial charge in [-0.05, 0) is 18.6 Å². The summed E-state index contributed by atoms with van der Waals surface area (Å²) in [6, 6.07) is 3.43.